The lowest BCUT2D eigenvalue weighted by Crippen LogP contribution is -2.34. The molecular weight excluding hydrogens is 476 g/mol. The van der Waals surface area contributed by atoms with Crippen molar-refractivity contribution in [1.29, 1.82) is 0 Å². The number of hydrogen-bond acceptors (Lipinski definition) is 9. The van der Waals surface area contributed by atoms with E-state index in [1.165, 1.54) is 10.5 Å². The number of nitrogens with zero attached hydrogens (tertiary/aromatic N) is 5. The maximum absolute atomic E-state index is 13.4. The highest BCUT2D eigenvalue weighted by Gasteiger charge is 2.44. The number of aryl methyl sites for hydroxylation is 1. The quantitative estimate of drug-likeness (QED) is 0.425. The molecule has 3 aromatic rings. The predicted octanol–water partition coefficient (Wildman–Crippen LogP) is 3.70. The topological polar surface area (TPSA) is 106 Å². The van der Waals surface area contributed by atoms with E-state index < -0.39 is 5.56 Å². The van der Waals surface area contributed by atoms with Crippen molar-refractivity contribution in [3.8, 4) is 0 Å². The number of nitrogen functional groups attached to an aromatic ring is 1. The summed E-state index contributed by atoms with van der Waals surface area (Å²) in [5, 5.41) is 18.6. The van der Waals surface area contributed by atoms with Crippen LogP contribution in [0.25, 0.3) is 6.08 Å². The van der Waals surface area contributed by atoms with Crippen LogP contribution in [0.3, 0.4) is 0 Å². The van der Waals surface area contributed by atoms with E-state index in [0.717, 1.165) is 46.3 Å². The van der Waals surface area contributed by atoms with E-state index in [4.69, 9.17) is 10.9 Å². The van der Waals surface area contributed by atoms with Crippen molar-refractivity contribution in [2.24, 2.45) is 11.0 Å². The zero-order chi connectivity index (χ0) is 22.9. The molecule has 2 atom stereocenters. The number of fused-ring (bicyclic) bond motifs is 1. The minimum Gasteiger partial charge on any atom is -0.334 e. The number of rotatable bonds is 5. The number of hydrazone groups is 1. The van der Waals surface area contributed by atoms with E-state index in [0.29, 0.717) is 0 Å². The Labute approximate surface area is 202 Å². The fraction of sp³-hybridized carbons (Fsp3) is 0.318. The molecule has 170 valence electrons. The monoisotopic (exact) mass is 498 g/mol. The van der Waals surface area contributed by atoms with E-state index in [2.05, 4.69) is 33.8 Å². The molecule has 1 saturated carbocycles. The second kappa shape index (κ2) is 9.24. The van der Waals surface area contributed by atoms with Gasteiger partial charge >= 0.3 is 0 Å². The summed E-state index contributed by atoms with van der Waals surface area (Å²) in [5.74, 6) is 5.91. The molecule has 4 heterocycles. The Morgan fingerprint density at radius 3 is 2.85 bits per heavy atom. The number of aromatic nitrogens is 3. The molecule has 0 saturated heterocycles. The molecule has 2 aliphatic rings. The van der Waals surface area contributed by atoms with Crippen molar-refractivity contribution in [3.63, 3.8) is 0 Å². The third-order valence-electron chi connectivity index (χ3n) is 5.80. The van der Waals surface area contributed by atoms with Gasteiger partial charge in [-0.25, -0.2) is 5.01 Å². The lowest BCUT2D eigenvalue weighted by Gasteiger charge is -2.28. The number of thioether (sulfide) groups is 1. The second-order valence-electron chi connectivity index (χ2n) is 7.90. The van der Waals surface area contributed by atoms with Crippen LogP contribution in [-0.4, -0.2) is 37.3 Å². The largest absolute Gasteiger partial charge is 0.334 e. The minimum atomic E-state index is -0.424. The smallest absolute Gasteiger partial charge is 0.294 e. The van der Waals surface area contributed by atoms with E-state index in [9.17, 15) is 9.59 Å². The first-order valence-electron chi connectivity index (χ1n) is 10.6. The Hall–Kier alpha value is -2.76. The fourth-order valence-electron chi connectivity index (χ4n) is 4.25. The molecule has 1 amide bonds. The molecule has 5 rings (SSSR count). The number of hydrogen-bond donors (Lipinski definition) is 1. The Morgan fingerprint density at radius 2 is 2.09 bits per heavy atom. The van der Waals surface area contributed by atoms with Crippen LogP contribution in [-0.2, 0) is 4.79 Å². The molecule has 0 aromatic carbocycles. The standard InChI is InChI=1S/C22H22N6O2S3/c1-13-21(30)27(23)22(25-24-13)33-12-18(29)28-20(17-8-4-10-32-17)16-7-2-5-14(19(16)26-28)11-15-6-3-9-31-15/h3-4,6,8-11,16,20H,2,5,7,12,23H2,1H3. The molecule has 1 aliphatic carbocycles. The molecule has 2 N–H and O–H groups in total. The van der Waals surface area contributed by atoms with Crippen LogP contribution in [0.4, 0.5) is 0 Å². The number of allylic oxidation sites excluding steroid dienone is 1. The Bertz CT molecular complexity index is 1280. The molecule has 8 nitrogen and oxygen atoms in total. The van der Waals surface area contributed by atoms with Crippen LogP contribution in [0, 0.1) is 12.8 Å². The average molecular weight is 499 g/mol. The lowest BCUT2D eigenvalue weighted by molar-refractivity contribution is -0.130. The molecule has 0 spiro atoms. The van der Waals surface area contributed by atoms with Gasteiger partial charge in [-0.15, -0.1) is 32.9 Å². The van der Waals surface area contributed by atoms with Crippen LogP contribution in [0.15, 0.2) is 55.7 Å². The molecule has 0 bridgehead atoms. The number of nitrogens with two attached hydrogens (primary N) is 1. The van der Waals surface area contributed by atoms with Crippen molar-refractivity contribution in [2.45, 2.75) is 37.4 Å². The summed E-state index contributed by atoms with van der Waals surface area (Å²) in [6.07, 6.45) is 5.22. The normalized spacial score (nSPS) is 21.3. The molecule has 1 fully saturated rings. The second-order valence-corrected chi connectivity index (χ2v) is 10.8. The first-order valence-corrected chi connectivity index (χ1v) is 13.3. The van der Waals surface area contributed by atoms with Crippen LogP contribution in [0.2, 0.25) is 0 Å². The fourth-order valence-corrected chi connectivity index (χ4v) is 6.51. The molecule has 1 aliphatic heterocycles. The van der Waals surface area contributed by atoms with Crippen molar-refractivity contribution in [1.82, 2.24) is 19.9 Å². The van der Waals surface area contributed by atoms with E-state index in [1.807, 2.05) is 17.5 Å². The van der Waals surface area contributed by atoms with Gasteiger partial charge in [-0.1, -0.05) is 23.9 Å². The van der Waals surface area contributed by atoms with Gasteiger partial charge in [0.05, 0.1) is 17.5 Å². The Morgan fingerprint density at radius 1 is 1.27 bits per heavy atom. The van der Waals surface area contributed by atoms with Gasteiger partial charge in [0.1, 0.15) is 5.69 Å². The van der Waals surface area contributed by atoms with Crippen molar-refractivity contribution < 1.29 is 4.79 Å². The van der Waals surface area contributed by atoms with Crippen molar-refractivity contribution in [2.75, 3.05) is 11.6 Å². The zero-order valence-electron chi connectivity index (χ0n) is 17.9. The van der Waals surface area contributed by atoms with Gasteiger partial charge in [-0.05, 0) is 60.7 Å². The maximum Gasteiger partial charge on any atom is 0.294 e. The number of carbonyl (C=O) groups is 1. The highest BCUT2D eigenvalue weighted by molar-refractivity contribution is 7.99. The van der Waals surface area contributed by atoms with Crippen LogP contribution in [0.5, 0.6) is 0 Å². The summed E-state index contributed by atoms with van der Waals surface area (Å²) >= 11 is 4.44. The molecular formula is C22H22N6O2S3. The minimum absolute atomic E-state index is 0.0593. The molecule has 11 heteroatoms. The van der Waals surface area contributed by atoms with Crippen molar-refractivity contribution >= 4 is 52.1 Å². The molecule has 2 unspecified atom stereocenters. The van der Waals surface area contributed by atoms with E-state index in [1.54, 1.807) is 34.6 Å². The first-order chi connectivity index (χ1) is 16.0. The van der Waals surface area contributed by atoms with Gasteiger partial charge in [-0.3, -0.25) is 9.59 Å². The molecule has 0 radical (unpaired) electrons. The van der Waals surface area contributed by atoms with Gasteiger partial charge < -0.3 is 5.84 Å². The summed E-state index contributed by atoms with van der Waals surface area (Å²) in [7, 11) is 0. The summed E-state index contributed by atoms with van der Waals surface area (Å²) in [4.78, 5) is 27.7. The third-order valence-corrected chi connectivity index (χ3v) is 8.49. The number of carbonyl (C=O) groups excluding carboxylic acids is 1. The van der Waals surface area contributed by atoms with E-state index >= 15 is 0 Å². The van der Waals surface area contributed by atoms with Crippen LogP contribution >= 0.6 is 34.4 Å². The Balaban J connectivity index is 1.44. The summed E-state index contributed by atoms with van der Waals surface area (Å²) in [5.41, 5.74) is 2.01. The highest BCUT2D eigenvalue weighted by Crippen LogP contribution is 2.45. The highest BCUT2D eigenvalue weighted by atomic mass is 32.2. The van der Waals surface area contributed by atoms with Gasteiger partial charge in [0, 0.05) is 15.7 Å². The lowest BCUT2D eigenvalue weighted by atomic mass is 9.79. The zero-order valence-corrected chi connectivity index (χ0v) is 20.3. The van der Waals surface area contributed by atoms with Gasteiger partial charge in [0.2, 0.25) is 5.16 Å². The maximum atomic E-state index is 13.4. The molecule has 3 aromatic heterocycles. The van der Waals surface area contributed by atoms with Gasteiger partial charge in [-0.2, -0.15) is 9.78 Å². The third kappa shape index (κ3) is 4.28. The first kappa shape index (κ1) is 22.1. The SMILES string of the molecule is Cc1nnc(SCC(=O)N2N=C3C(=Cc4cccs4)CCCC3C2c2cccs2)n(N)c1=O. The van der Waals surface area contributed by atoms with Crippen molar-refractivity contribution in [3.05, 3.63) is 66.4 Å². The molecule has 33 heavy (non-hydrogen) atoms. The Kier molecular flexibility index (Phi) is 6.17. The average Bonchev–Trinajstić information content (AvgIpc) is 3.57. The van der Waals surface area contributed by atoms with Gasteiger partial charge in [0.15, 0.2) is 0 Å². The van der Waals surface area contributed by atoms with E-state index in [-0.39, 0.29) is 34.5 Å². The number of amides is 1. The summed E-state index contributed by atoms with van der Waals surface area (Å²) in [6, 6.07) is 8.10. The van der Waals surface area contributed by atoms with Gasteiger partial charge in [0.25, 0.3) is 11.5 Å². The van der Waals surface area contributed by atoms with Crippen LogP contribution < -0.4 is 11.4 Å². The van der Waals surface area contributed by atoms with Crippen LogP contribution in [0.1, 0.15) is 40.8 Å². The summed E-state index contributed by atoms with van der Waals surface area (Å²) < 4.78 is 0.939. The summed E-state index contributed by atoms with van der Waals surface area (Å²) in [6.45, 7) is 1.55. The predicted molar refractivity (Wildman–Crippen MR) is 133 cm³/mol. The number of thiophene rings is 2.